The molecule has 0 rings (SSSR count). The maximum absolute atomic E-state index is 3.49. The predicted molar refractivity (Wildman–Crippen MR) is 73.8 cm³/mol. The number of alkyl halides is 1. The Labute approximate surface area is 105 Å². The van der Waals surface area contributed by atoms with Gasteiger partial charge in [-0.25, -0.2) is 0 Å². The summed E-state index contributed by atoms with van der Waals surface area (Å²) in [7, 11) is 0. The van der Waals surface area contributed by atoms with Crippen LogP contribution in [0, 0.1) is 5.92 Å². The van der Waals surface area contributed by atoms with E-state index in [2.05, 4.69) is 56.5 Å². The average molecular weight is 359 g/mol. The van der Waals surface area contributed by atoms with Crippen molar-refractivity contribution in [2.75, 3.05) is 5.33 Å². The van der Waals surface area contributed by atoms with Crippen molar-refractivity contribution in [1.29, 1.82) is 0 Å². The van der Waals surface area contributed by atoms with Crippen molar-refractivity contribution < 1.29 is 0 Å². The Balaban J connectivity index is 3.71. The molecule has 0 amide bonds. The van der Waals surface area contributed by atoms with Gasteiger partial charge in [0.15, 0.2) is 0 Å². The first-order chi connectivity index (χ1) is 6.24. The summed E-state index contributed by atoms with van der Waals surface area (Å²) < 4.78 is 2.28. The summed E-state index contributed by atoms with van der Waals surface area (Å²) >= 11 is 5.87. The quantitative estimate of drug-likeness (QED) is 0.427. The lowest BCUT2D eigenvalue weighted by molar-refractivity contribution is 0.549. The summed E-state index contributed by atoms with van der Waals surface area (Å²) in [6.07, 6.45) is 6.53. The Morgan fingerprint density at radius 1 is 1.54 bits per heavy atom. The van der Waals surface area contributed by atoms with E-state index < -0.39 is 0 Å². The minimum atomic E-state index is 0.831. The zero-order valence-electron chi connectivity index (χ0n) is 8.65. The van der Waals surface area contributed by atoms with Crippen LogP contribution in [0.25, 0.3) is 0 Å². The fourth-order valence-electron chi connectivity index (χ4n) is 1.34. The molecule has 2 heteroatoms. The topological polar surface area (TPSA) is 0 Å². The summed E-state index contributed by atoms with van der Waals surface area (Å²) in [6.45, 7) is 4.60. The molecule has 0 fully saturated rings. The third-order valence-corrected chi connectivity index (χ3v) is 3.56. The Bertz CT molecular complexity index is 143. The van der Waals surface area contributed by atoms with E-state index in [4.69, 9.17) is 0 Å². The van der Waals surface area contributed by atoms with Gasteiger partial charge in [-0.15, -0.1) is 0 Å². The van der Waals surface area contributed by atoms with Crippen LogP contribution < -0.4 is 0 Å². The van der Waals surface area contributed by atoms with Crippen molar-refractivity contribution in [3.8, 4) is 0 Å². The lowest BCUT2D eigenvalue weighted by Gasteiger charge is -2.11. The third-order valence-electron chi connectivity index (χ3n) is 2.22. The second-order valence-corrected chi connectivity index (χ2v) is 5.07. The van der Waals surface area contributed by atoms with Crippen molar-refractivity contribution >= 4 is 38.5 Å². The van der Waals surface area contributed by atoms with Gasteiger partial charge in [-0.2, -0.15) is 0 Å². The van der Waals surface area contributed by atoms with E-state index in [0.717, 1.165) is 11.2 Å². The molecule has 0 bridgehead atoms. The number of halogens is 2. The van der Waals surface area contributed by atoms with Crippen molar-refractivity contribution in [2.24, 2.45) is 5.92 Å². The van der Waals surface area contributed by atoms with Gasteiger partial charge in [0.25, 0.3) is 0 Å². The fourth-order valence-corrected chi connectivity index (χ4v) is 2.69. The first-order valence-electron chi connectivity index (χ1n) is 5.08. The molecule has 0 aliphatic carbocycles. The molecule has 1 atom stereocenters. The molecular formula is C11H20BrI. The van der Waals surface area contributed by atoms with E-state index >= 15 is 0 Å². The van der Waals surface area contributed by atoms with Gasteiger partial charge in [-0.1, -0.05) is 64.4 Å². The number of hydrogen-bond acceptors (Lipinski definition) is 0. The van der Waals surface area contributed by atoms with Gasteiger partial charge in [-0.05, 0) is 35.7 Å². The monoisotopic (exact) mass is 358 g/mol. The molecule has 0 aliphatic rings. The Hall–Kier alpha value is 0.950. The minimum absolute atomic E-state index is 0.831. The van der Waals surface area contributed by atoms with Crippen LogP contribution in [0.4, 0.5) is 0 Å². The van der Waals surface area contributed by atoms with E-state index in [-0.39, 0.29) is 0 Å². The van der Waals surface area contributed by atoms with E-state index in [1.54, 1.807) is 5.57 Å². The highest BCUT2D eigenvalue weighted by Crippen LogP contribution is 2.21. The molecule has 0 nitrogen and oxygen atoms in total. The summed E-state index contributed by atoms with van der Waals surface area (Å²) in [5.74, 6) is 0.831. The second kappa shape index (κ2) is 9.50. The highest BCUT2D eigenvalue weighted by atomic mass is 127. The Morgan fingerprint density at radius 3 is 2.69 bits per heavy atom. The molecule has 0 saturated heterocycles. The smallest absolute Gasteiger partial charge is 0.00339 e. The molecule has 0 aromatic rings. The molecular weight excluding hydrogens is 339 g/mol. The molecule has 0 N–H and O–H groups in total. The minimum Gasteiger partial charge on any atom is -0.0928 e. The van der Waals surface area contributed by atoms with Crippen molar-refractivity contribution in [3.05, 3.63) is 9.66 Å². The standard InChI is InChI=1S/C11H20BrI/c1-3-4-5-11(9-13)8-10(2)6-7-12/h9-10H,3-8H2,1-2H3. The average Bonchev–Trinajstić information content (AvgIpc) is 2.12. The van der Waals surface area contributed by atoms with Gasteiger partial charge >= 0.3 is 0 Å². The molecule has 0 radical (unpaired) electrons. The summed E-state index contributed by atoms with van der Waals surface area (Å²) in [5, 5.41) is 1.14. The van der Waals surface area contributed by atoms with Gasteiger partial charge in [0.1, 0.15) is 0 Å². The van der Waals surface area contributed by atoms with Gasteiger partial charge in [0, 0.05) is 5.33 Å². The van der Waals surface area contributed by atoms with Crippen LogP contribution in [-0.4, -0.2) is 5.33 Å². The van der Waals surface area contributed by atoms with E-state index in [9.17, 15) is 0 Å². The van der Waals surface area contributed by atoms with E-state index in [1.165, 1.54) is 32.1 Å². The molecule has 0 aliphatic heterocycles. The summed E-state index contributed by atoms with van der Waals surface area (Å²) in [5.41, 5.74) is 1.64. The lowest BCUT2D eigenvalue weighted by atomic mass is 9.97. The lowest BCUT2D eigenvalue weighted by Crippen LogP contribution is -1.97. The highest BCUT2D eigenvalue weighted by molar-refractivity contribution is 14.1. The van der Waals surface area contributed by atoms with Gasteiger partial charge in [0.2, 0.25) is 0 Å². The SMILES string of the molecule is CCCCC(=CI)CC(C)CCBr. The predicted octanol–water partition coefficient (Wildman–Crippen LogP) is 5.31. The van der Waals surface area contributed by atoms with Crippen LogP contribution in [0.3, 0.4) is 0 Å². The van der Waals surface area contributed by atoms with Crippen LogP contribution in [0.2, 0.25) is 0 Å². The van der Waals surface area contributed by atoms with Crippen LogP contribution in [0.15, 0.2) is 9.66 Å². The maximum Gasteiger partial charge on any atom is 0.00339 e. The van der Waals surface area contributed by atoms with Crippen molar-refractivity contribution in [1.82, 2.24) is 0 Å². The second-order valence-electron chi connectivity index (χ2n) is 3.66. The molecule has 13 heavy (non-hydrogen) atoms. The number of unbranched alkanes of at least 4 members (excludes halogenated alkanes) is 1. The zero-order valence-corrected chi connectivity index (χ0v) is 12.4. The van der Waals surface area contributed by atoms with Crippen LogP contribution in [0.5, 0.6) is 0 Å². The number of allylic oxidation sites excluding steroid dienone is 1. The van der Waals surface area contributed by atoms with Crippen molar-refractivity contribution in [3.63, 3.8) is 0 Å². The first-order valence-corrected chi connectivity index (χ1v) is 7.45. The fraction of sp³-hybridized carbons (Fsp3) is 0.818. The van der Waals surface area contributed by atoms with Crippen molar-refractivity contribution in [2.45, 2.75) is 46.0 Å². The van der Waals surface area contributed by atoms with Gasteiger partial charge in [0.05, 0.1) is 0 Å². The maximum atomic E-state index is 3.49. The summed E-state index contributed by atoms with van der Waals surface area (Å²) in [4.78, 5) is 0. The molecule has 0 aromatic heterocycles. The Kier molecular flexibility index (Phi) is 10.2. The highest BCUT2D eigenvalue weighted by Gasteiger charge is 2.04. The van der Waals surface area contributed by atoms with Gasteiger partial charge in [-0.3, -0.25) is 0 Å². The van der Waals surface area contributed by atoms with Crippen LogP contribution in [-0.2, 0) is 0 Å². The zero-order chi connectivity index (χ0) is 10.1. The number of rotatable bonds is 7. The van der Waals surface area contributed by atoms with Crippen LogP contribution >= 0.6 is 38.5 Å². The van der Waals surface area contributed by atoms with Gasteiger partial charge < -0.3 is 0 Å². The molecule has 0 heterocycles. The molecule has 78 valence electrons. The van der Waals surface area contributed by atoms with E-state index in [0.29, 0.717) is 0 Å². The third kappa shape index (κ3) is 7.98. The largest absolute Gasteiger partial charge is 0.0928 e. The first kappa shape index (κ1) is 13.9. The molecule has 0 aromatic carbocycles. The molecule has 0 saturated carbocycles. The normalized spacial score (nSPS) is 14.6. The van der Waals surface area contributed by atoms with E-state index in [1.807, 2.05) is 0 Å². The Morgan fingerprint density at radius 2 is 2.23 bits per heavy atom. The molecule has 0 spiro atoms. The molecule has 1 unspecified atom stereocenters. The van der Waals surface area contributed by atoms with Crippen LogP contribution in [0.1, 0.15) is 46.0 Å². The number of hydrogen-bond donors (Lipinski definition) is 0. The summed E-state index contributed by atoms with van der Waals surface area (Å²) in [6, 6.07) is 0.